The molecule has 0 fully saturated rings. The summed E-state index contributed by atoms with van der Waals surface area (Å²) in [5.41, 5.74) is 1.53. The van der Waals surface area contributed by atoms with Crippen molar-refractivity contribution in [2.45, 2.75) is 6.54 Å². The van der Waals surface area contributed by atoms with Crippen LogP contribution in [0.5, 0.6) is 11.5 Å². The standard InChI is InChI=1S/C21H19IN2O5/c1-27-17-6-3-14(4-7-17)12-24-21(26)16(11-23)9-15-5-8-19(18(22)10-15)29-13-20(25)28-2/h3-10H,12-13H2,1-2H3,(H,24,26)/b16-9-. The van der Waals surface area contributed by atoms with Crippen LogP contribution in [-0.4, -0.2) is 32.7 Å². The predicted molar refractivity (Wildman–Crippen MR) is 115 cm³/mol. The van der Waals surface area contributed by atoms with E-state index in [4.69, 9.17) is 9.47 Å². The highest BCUT2D eigenvalue weighted by atomic mass is 127. The molecule has 0 atom stereocenters. The third-order valence-corrected chi connectivity index (χ3v) is 4.66. The molecule has 0 radical (unpaired) electrons. The molecule has 1 N–H and O–H groups in total. The van der Waals surface area contributed by atoms with Crippen molar-refractivity contribution in [2.75, 3.05) is 20.8 Å². The first-order chi connectivity index (χ1) is 14.0. The van der Waals surface area contributed by atoms with Crippen LogP contribution in [0.1, 0.15) is 11.1 Å². The highest BCUT2D eigenvalue weighted by Gasteiger charge is 2.10. The third kappa shape index (κ3) is 6.80. The molecule has 7 nitrogen and oxygen atoms in total. The Kier molecular flexibility index (Phi) is 8.48. The summed E-state index contributed by atoms with van der Waals surface area (Å²) >= 11 is 2.05. The molecule has 8 heteroatoms. The third-order valence-electron chi connectivity index (χ3n) is 3.82. The maximum atomic E-state index is 12.3. The van der Waals surface area contributed by atoms with Gasteiger partial charge in [-0.25, -0.2) is 4.79 Å². The molecule has 150 valence electrons. The van der Waals surface area contributed by atoms with Gasteiger partial charge in [-0.3, -0.25) is 4.79 Å². The molecule has 0 aliphatic rings. The zero-order chi connectivity index (χ0) is 21.2. The molecule has 2 aromatic carbocycles. The lowest BCUT2D eigenvalue weighted by Crippen LogP contribution is -2.23. The number of nitrogens with one attached hydrogen (secondary N) is 1. The van der Waals surface area contributed by atoms with Crippen LogP contribution in [0.25, 0.3) is 6.08 Å². The molecule has 0 heterocycles. The Balaban J connectivity index is 2.03. The molecule has 1 amide bonds. The maximum Gasteiger partial charge on any atom is 0.343 e. The number of amides is 1. The number of hydrogen-bond donors (Lipinski definition) is 1. The van der Waals surface area contributed by atoms with Crippen molar-refractivity contribution in [3.63, 3.8) is 0 Å². The van der Waals surface area contributed by atoms with Crippen LogP contribution in [-0.2, 0) is 20.9 Å². The van der Waals surface area contributed by atoms with Crippen molar-refractivity contribution in [1.82, 2.24) is 5.32 Å². The Morgan fingerprint density at radius 3 is 2.48 bits per heavy atom. The van der Waals surface area contributed by atoms with E-state index >= 15 is 0 Å². The van der Waals surface area contributed by atoms with Crippen LogP contribution in [0.2, 0.25) is 0 Å². The zero-order valence-electron chi connectivity index (χ0n) is 15.9. The number of halogens is 1. The van der Waals surface area contributed by atoms with Gasteiger partial charge >= 0.3 is 5.97 Å². The second-order valence-corrected chi connectivity index (χ2v) is 6.92. The maximum absolute atomic E-state index is 12.3. The summed E-state index contributed by atoms with van der Waals surface area (Å²) in [5.74, 6) is 0.288. The molecule has 0 aromatic heterocycles. The first-order valence-corrected chi connectivity index (χ1v) is 9.56. The van der Waals surface area contributed by atoms with E-state index in [0.29, 0.717) is 17.9 Å². The summed E-state index contributed by atoms with van der Waals surface area (Å²) < 4.78 is 15.7. The number of nitriles is 1. The summed E-state index contributed by atoms with van der Waals surface area (Å²) in [6, 6.07) is 14.3. The Hall–Kier alpha value is -3.06. The summed E-state index contributed by atoms with van der Waals surface area (Å²) in [6.07, 6.45) is 1.50. The largest absolute Gasteiger partial charge is 0.497 e. The quantitative estimate of drug-likeness (QED) is 0.256. The van der Waals surface area contributed by atoms with Gasteiger partial charge in [0.25, 0.3) is 5.91 Å². The number of methoxy groups -OCH3 is 2. The monoisotopic (exact) mass is 506 g/mol. The SMILES string of the molecule is COC(=O)COc1ccc(/C=C(/C#N)C(=O)NCc2ccc(OC)cc2)cc1I. The molecule has 0 bridgehead atoms. The molecular formula is C21H19IN2O5. The van der Waals surface area contributed by atoms with E-state index in [1.165, 1.54) is 13.2 Å². The van der Waals surface area contributed by atoms with Gasteiger partial charge in [-0.05, 0) is 64.1 Å². The van der Waals surface area contributed by atoms with Crippen LogP contribution in [0.15, 0.2) is 48.0 Å². The van der Waals surface area contributed by atoms with E-state index in [-0.39, 0.29) is 12.2 Å². The van der Waals surface area contributed by atoms with Gasteiger partial charge in [-0.15, -0.1) is 0 Å². The van der Waals surface area contributed by atoms with E-state index in [1.807, 2.05) is 18.2 Å². The lowest BCUT2D eigenvalue weighted by Gasteiger charge is -2.08. The lowest BCUT2D eigenvalue weighted by atomic mass is 10.1. The zero-order valence-corrected chi connectivity index (χ0v) is 18.1. The summed E-state index contributed by atoms with van der Waals surface area (Å²) in [7, 11) is 2.87. The molecule has 2 rings (SSSR count). The first kappa shape index (κ1) is 22.2. The minimum atomic E-state index is -0.481. The molecular weight excluding hydrogens is 487 g/mol. The number of benzene rings is 2. The second kappa shape index (κ2) is 11.1. The van der Waals surface area contributed by atoms with Crippen LogP contribution in [0.3, 0.4) is 0 Å². The van der Waals surface area contributed by atoms with Gasteiger partial charge < -0.3 is 19.5 Å². The molecule has 2 aromatic rings. The van der Waals surface area contributed by atoms with Crippen LogP contribution >= 0.6 is 22.6 Å². The van der Waals surface area contributed by atoms with Crippen molar-refractivity contribution < 1.29 is 23.8 Å². The first-order valence-electron chi connectivity index (χ1n) is 8.49. The molecule has 0 unspecified atom stereocenters. The Morgan fingerprint density at radius 1 is 1.17 bits per heavy atom. The lowest BCUT2D eigenvalue weighted by molar-refractivity contribution is -0.142. The topological polar surface area (TPSA) is 97.7 Å². The molecule has 0 aliphatic carbocycles. The van der Waals surface area contributed by atoms with Crippen molar-refractivity contribution in [1.29, 1.82) is 5.26 Å². The van der Waals surface area contributed by atoms with E-state index < -0.39 is 11.9 Å². The van der Waals surface area contributed by atoms with Crippen molar-refractivity contribution in [3.8, 4) is 17.6 Å². The summed E-state index contributed by atoms with van der Waals surface area (Å²) in [5, 5.41) is 12.1. The van der Waals surface area contributed by atoms with Crippen molar-refractivity contribution in [2.24, 2.45) is 0 Å². The van der Waals surface area contributed by atoms with Gasteiger partial charge in [0.15, 0.2) is 6.61 Å². The normalized spacial score (nSPS) is 10.6. The van der Waals surface area contributed by atoms with Crippen LogP contribution in [0, 0.1) is 14.9 Å². The Morgan fingerprint density at radius 2 is 1.90 bits per heavy atom. The number of ether oxygens (including phenoxy) is 3. The average Bonchev–Trinajstić information content (AvgIpc) is 2.75. The fourth-order valence-electron chi connectivity index (χ4n) is 2.26. The van der Waals surface area contributed by atoms with Crippen molar-refractivity contribution in [3.05, 3.63) is 62.7 Å². The van der Waals surface area contributed by atoms with E-state index in [9.17, 15) is 14.9 Å². The number of rotatable bonds is 8. The molecule has 0 saturated carbocycles. The van der Waals surface area contributed by atoms with Gasteiger partial charge in [0.1, 0.15) is 23.1 Å². The Bertz CT molecular complexity index is 949. The second-order valence-electron chi connectivity index (χ2n) is 5.76. The number of carbonyl (C=O) groups excluding carboxylic acids is 2. The summed E-state index contributed by atoms with van der Waals surface area (Å²) in [4.78, 5) is 23.5. The molecule has 0 spiro atoms. The minimum absolute atomic E-state index is 0.0162. The highest BCUT2D eigenvalue weighted by molar-refractivity contribution is 14.1. The van der Waals surface area contributed by atoms with Gasteiger partial charge in [0, 0.05) is 6.54 Å². The van der Waals surface area contributed by atoms with Gasteiger partial charge in [-0.1, -0.05) is 18.2 Å². The highest BCUT2D eigenvalue weighted by Crippen LogP contribution is 2.23. The smallest absolute Gasteiger partial charge is 0.343 e. The Labute approximate surface area is 182 Å². The number of nitrogens with zero attached hydrogens (tertiary/aromatic N) is 1. The van der Waals surface area contributed by atoms with Gasteiger partial charge in [0.05, 0.1) is 17.8 Å². The number of hydrogen-bond acceptors (Lipinski definition) is 6. The molecule has 0 aliphatic heterocycles. The van der Waals surface area contributed by atoms with Gasteiger partial charge in [-0.2, -0.15) is 5.26 Å². The summed E-state index contributed by atoms with van der Waals surface area (Å²) in [6.45, 7) is 0.0958. The minimum Gasteiger partial charge on any atom is -0.497 e. The number of carbonyl (C=O) groups is 2. The molecule has 0 saturated heterocycles. The van der Waals surface area contributed by atoms with Crippen molar-refractivity contribution >= 4 is 40.5 Å². The predicted octanol–water partition coefficient (Wildman–Crippen LogP) is 3.07. The van der Waals surface area contributed by atoms with E-state index in [2.05, 4.69) is 32.6 Å². The fourth-order valence-corrected chi connectivity index (χ4v) is 2.95. The number of esters is 1. The van der Waals surface area contributed by atoms with Crippen LogP contribution in [0.4, 0.5) is 0 Å². The van der Waals surface area contributed by atoms with Gasteiger partial charge in [0.2, 0.25) is 0 Å². The average molecular weight is 506 g/mol. The molecule has 29 heavy (non-hydrogen) atoms. The van der Waals surface area contributed by atoms with E-state index in [0.717, 1.165) is 14.9 Å². The fraction of sp³-hybridized carbons (Fsp3) is 0.190. The van der Waals surface area contributed by atoms with E-state index in [1.54, 1.807) is 37.4 Å². The van der Waals surface area contributed by atoms with Crippen LogP contribution < -0.4 is 14.8 Å².